The molecule has 4 aliphatic rings. The normalized spacial score (nSPS) is 47.4. The topological polar surface area (TPSA) is 21.7 Å². The van der Waals surface area contributed by atoms with Crippen LogP contribution in [0, 0.1) is 5.92 Å². The molecule has 1 aromatic carbocycles. The third kappa shape index (κ3) is 1.22. The van der Waals surface area contributed by atoms with Gasteiger partial charge in [0.05, 0.1) is 18.2 Å². The molecule has 3 nitrogen and oxygen atoms in total. The molecule has 1 aliphatic carbocycles. The Morgan fingerprint density at radius 1 is 1.24 bits per heavy atom. The first-order valence-electron chi connectivity index (χ1n) is 6.43. The SMILES string of the molecule is C[C@@]12[C@H]3CON1O[C@H](C3)C[C@H]2c1ccccc1. The van der Waals surface area contributed by atoms with Gasteiger partial charge in [0, 0.05) is 11.8 Å². The van der Waals surface area contributed by atoms with Crippen LogP contribution in [0.4, 0.5) is 0 Å². The maximum absolute atomic E-state index is 5.84. The molecule has 1 aromatic rings. The summed E-state index contributed by atoms with van der Waals surface area (Å²) in [6, 6.07) is 10.8. The van der Waals surface area contributed by atoms with Crippen LogP contribution in [0.15, 0.2) is 30.3 Å². The number of benzene rings is 1. The van der Waals surface area contributed by atoms with E-state index in [1.165, 1.54) is 5.56 Å². The van der Waals surface area contributed by atoms with Gasteiger partial charge in [0.2, 0.25) is 0 Å². The van der Waals surface area contributed by atoms with Crippen LogP contribution in [0.2, 0.25) is 0 Å². The van der Waals surface area contributed by atoms with Crippen molar-refractivity contribution in [1.82, 2.24) is 5.23 Å². The van der Waals surface area contributed by atoms with Crippen LogP contribution in [0.3, 0.4) is 0 Å². The summed E-state index contributed by atoms with van der Waals surface area (Å²) in [6.07, 6.45) is 2.61. The molecule has 90 valence electrons. The molecule has 0 spiro atoms. The van der Waals surface area contributed by atoms with Gasteiger partial charge in [0.1, 0.15) is 0 Å². The minimum absolute atomic E-state index is 0.0239. The van der Waals surface area contributed by atoms with Crippen LogP contribution in [0.5, 0.6) is 0 Å². The molecule has 3 saturated heterocycles. The lowest BCUT2D eigenvalue weighted by atomic mass is 9.64. The van der Waals surface area contributed by atoms with Crippen molar-refractivity contribution in [3.63, 3.8) is 0 Å². The number of rotatable bonds is 1. The first-order valence-corrected chi connectivity index (χ1v) is 6.43. The summed E-state index contributed by atoms with van der Waals surface area (Å²) in [7, 11) is 0. The second-order valence-electron chi connectivity index (χ2n) is 5.64. The van der Waals surface area contributed by atoms with Crippen molar-refractivity contribution in [3.8, 4) is 0 Å². The first kappa shape index (κ1) is 10.1. The minimum atomic E-state index is 0.0239. The number of fused-ring (bicyclic) bond motifs is 1. The van der Waals surface area contributed by atoms with Crippen molar-refractivity contribution >= 4 is 0 Å². The molecule has 0 radical (unpaired) electrons. The Morgan fingerprint density at radius 3 is 2.82 bits per heavy atom. The van der Waals surface area contributed by atoms with Crippen LogP contribution >= 0.6 is 0 Å². The van der Waals surface area contributed by atoms with Gasteiger partial charge in [-0.25, -0.2) is 0 Å². The number of nitrogens with zero attached hydrogens (tertiary/aromatic N) is 1. The van der Waals surface area contributed by atoms with Gasteiger partial charge < -0.3 is 0 Å². The summed E-state index contributed by atoms with van der Waals surface area (Å²) in [5, 5.41) is 1.80. The van der Waals surface area contributed by atoms with E-state index < -0.39 is 0 Å². The number of hydrogen-bond donors (Lipinski definition) is 0. The minimum Gasteiger partial charge on any atom is -0.273 e. The zero-order chi connectivity index (χ0) is 11.5. The lowest BCUT2D eigenvalue weighted by molar-refractivity contribution is -0.428. The van der Waals surface area contributed by atoms with Crippen molar-refractivity contribution in [2.45, 2.75) is 37.3 Å². The van der Waals surface area contributed by atoms with E-state index in [-0.39, 0.29) is 5.54 Å². The fourth-order valence-corrected chi connectivity index (χ4v) is 3.77. The van der Waals surface area contributed by atoms with Gasteiger partial charge in [0.15, 0.2) is 0 Å². The average Bonchev–Trinajstić information content (AvgIpc) is 2.58. The number of hydrogen-bond acceptors (Lipinski definition) is 3. The van der Waals surface area contributed by atoms with E-state index in [2.05, 4.69) is 37.3 Å². The summed E-state index contributed by atoms with van der Waals surface area (Å²) in [5.41, 5.74) is 1.44. The molecule has 1 saturated carbocycles. The molecule has 17 heavy (non-hydrogen) atoms. The summed E-state index contributed by atoms with van der Waals surface area (Å²) >= 11 is 0. The van der Waals surface area contributed by atoms with Gasteiger partial charge in [-0.05, 0) is 25.3 Å². The Kier molecular flexibility index (Phi) is 1.96. The van der Waals surface area contributed by atoms with Gasteiger partial charge in [-0.3, -0.25) is 9.68 Å². The van der Waals surface area contributed by atoms with Gasteiger partial charge >= 0.3 is 0 Å². The largest absolute Gasteiger partial charge is 0.273 e. The predicted octanol–water partition coefficient (Wildman–Crippen LogP) is 2.50. The molecule has 3 heterocycles. The van der Waals surface area contributed by atoms with E-state index in [0.717, 1.165) is 19.4 Å². The van der Waals surface area contributed by atoms with Crippen LogP contribution in [-0.4, -0.2) is 23.5 Å². The highest BCUT2D eigenvalue weighted by molar-refractivity contribution is 5.27. The average molecular weight is 231 g/mol. The fourth-order valence-electron chi connectivity index (χ4n) is 3.77. The lowest BCUT2D eigenvalue weighted by Gasteiger charge is -2.53. The molecule has 0 N–H and O–H groups in total. The lowest BCUT2D eigenvalue weighted by Crippen LogP contribution is -2.60. The highest BCUT2D eigenvalue weighted by Crippen LogP contribution is 2.56. The van der Waals surface area contributed by atoms with Crippen LogP contribution in [0.25, 0.3) is 0 Å². The monoisotopic (exact) mass is 231 g/mol. The molecule has 3 heteroatoms. The molecule has 0 amide bonds. The summed E-state index contributed by atoms with van der Waals surface area (Å²) in [5.74, 6) is 1.14. The second kappa shape index (κ2) is 3.31. The van der Waals surface area contributed by atoms with Gasteiger partial charge in [-0.2, -0.15) is 0 Å². The van der Waals surface area contributed by atoms with Crippen LogP contribution in [-0.2, 0) is 9.68 Å². The van der Waals surface area contributed by atoms with Crippen molar-refractivity contribution in [2.75, 3.05) is 6.61 Å². The highest BCUT2D eigenvalue weighted by atomic mass is 17.0. The van der Waals surface area contributed by atoms with Crippen molar-refractivity contribution < 1.29 is 9.68 Å². The van der Waals surface area contributed by atoms with E-state index in [9.17, 15) is 0 Å². The Balaban J connectivity index is 1.78. The Labute approximate surface area is 101 Å². The molecule has 0 aromatic heterocycles. The molecular formula is C14H17NO2. The predicted molar refractivity (Wildman–Crippen MR) is 63.0 cm³/mol. The van der Waals surface area contributed by atoms with E-state index in [1.54, 1.807) is 5.23 Å². The third-order valence-electron chi connectivity index (χ3n) is 4.81. The molecule has 5 rings (SSSR count). The van der Waals surface area contributed by atoms with E-state index in [4.69, 9.17) is 9.68 Å². The van der Waals surface area contributed by atoms with E-state index >= 15 is 0 Å². The molecule has 4 fully saturated rings. The zero-order valence-electron chi connectivity index (χ0n) is 10.0. The zero-order valence-corrected chi connectivity index (χ0v) is 10.0. The van der Waals surface area contributed by atoms with Crippen LogP contribution in [0.1, 0.15) is 31.2 Å². The number of hydroxylamine groups is 2. The van der Waals surface area contributed by atoms with Gasteiger partial charge in [-0.15, -0.1) is 0 Å². The smallest absolute Gasteiger partial charge is 0.0830 e. The standard InChI is InChI=1S/C14H17NO2/c1-14-11-7-12(17-15(14)16-9-11)8-13(14)10-5-3-2-4-6-10/h2-6,11-13H,7-9H2,1H3/t11-,12-,13+,14+/m1/s1. The quantitative estimate of drug-likeness (QED) is 0.741. The van der Waals surface area contributed by atoms with Crippen molar-refractivity contribution in [2.24, 2.45) is 5.92 Å². The van der Waals surface area contributed by atoms with Crippen molar-refractivity contribution in [1.29, 1.82) is 0 Å². The summed E-state index contributed by atoms with van der Waals surface area (Å²) in [6.45, 7) is 3.11. The maximum atomic E-state index is 5.84. The second-order valence-corrected chi connectivity index (χ2v) is 5.64. The molecule has 3 aliphatic heterocycles. The van der Waals surface area contributed by atoms with Crippen molar-refractivity contribution in [3.05, 3.63) is 35.9 Å². The highest BCUT2D eigenvalue weighted by Gasteiger charge is 2.61. The molecule has 1 unspecified atom stereocenters. The van der Waals surface area contributed by atoms with Gasteiger partial charge in [0.25, 0.3) is 0 Å². The summed E-state index contributed by atoms with van der Waals surface area (Å²) < 4.78 is 0. The Morgan fingerprint density at radius 2 is 2.06 bits per heavy atom. The molecule has 4 bridgehead atoms. The maximum Gasteiger partial charge on any atom is 0.0830 e. The first-order chi connectivity index (χ1) is 8.28. The van der Waals surface area contributed by atoms with E-state index in [0.29, 0.717) is 17.9 Å². The summed E-state index contributed by atoms with van der Waals surface area (Å²) in [4.78, 5) is 11.5. The Hall–Kier alpha value is -0.900. The third-order valence-corrected chi connectivity index (χ3v) is 4.81. The van der Waals surface area contributed by atoms with Crippen LogP contribution < -0.4 is 0 Å². The molecule has 5 atom stereocenters. The fraction of sp³-hybridized carbons (Fsp3) is 0.571. The molecular weight excluding hydrogens is 214 g/mol. The van der Waals surface area contributed by atoms with Gasteiger partial charge in [-0.1, -0.05) is 35.6 Å². The van der Waals surface area contributed by atoms with E-state index in [1.807, 2.05) is 0 Å². The Bertz CT molecular complexity index is 419.